The Labute approximate surface area is 105 Å². The second-order valence-electron chi connectivity index (χ2n) is 3.77. The molecule has 0 saturated carbocycles. The molecule has 1 aromatic heterocycles. The molecular formula is C13H15FN2S. The summed E-state index contributed by atoms with van der Waals surface area (Å²) in [6, 6.07) is 6.77. The molecule has 2 aromatic rings. The smallest absolute Gasteiger partial charge is 0.132 e. The first kappa shape index (κ1) is 12.2. The van der Waals surface area contributed by atoms with Crippen LogP contribution in [0.15, 0.2) is 24.3 Å². The van der Waals surface area contributed by atoms with E-state index >= 15 is 0 Å². The van der Waals surface area contributed by atoms with Crippen molar-refractivity contribution in [2.75, 3.05) is 6.54 Å². The molecule has 0 radical (unpaired) electrons. The topological polar surface area (TPSA) is 24.9 Å². The summed E-state index contributed by atoms with van der Waals surface area (Å²) in [5.74, 6) is -0.212. The first-order valence-electron chi connectivity index (χ1n) is 5.64. The van der Waals surface area contributed by atoms with Gasteiger partial charge >= 0.3 is 0 Å². The lowest BCUT2D eigenvalue weighted by Gasteiger charge is -2.00. The molecule has 4 heteroatoms. The van der Waals surface area contributed by atoms with Crippen LogP contribution in [0.3, 0.4) is 0 Å². The summed E-state index contributed by atoms with van der Waals surface area (Å²) in [5, 5.41) is 4.23. The second kappa shape index (κ2) is 5.38. The van der Waals surface area contributed by atoms with Crippen molar-refractivity contribution in [2.45, 2.75) is 20.4 Å². The van der Waals surface area contributed by atoms with Crippen molar-refractivity contribution in [1.82, 2.24) is 10.3 Å². The van der Waals surface area contributed by atoms with E-state index in [2.05, 4.69) is 17.2 Å². The van der Waals surface area contributed by atoms with Crippen molar-refractivity contribution in [1.29, 1.82) is 0 Å². The number of thiazole rings is 1. The van der Waals surface area contributed by atoms with Gasteiger partial charge < -0.3 is 5.32 Å². The summed E-state index contributed by atoms with van der Waals surface area (Å²) in [7, 11) is 0. The molecule has 90 valence electrons. The minimum absolute atomic E-state index is 0.212. The molecular weight excluding hydrogens is 235 g/mol. The largest absolute Gasteiger partial charge is 0.311 e. The SMILES string of the molecule is CCNCc1nc(-c2ccccc2F)c(C)s1. The molecule has 0 aliphatic rings. The summed E-state index contributed by atoms with van der Waals surface area (Å²) in [6.45, 7) is 5.69. The minimum atomic E-state index is -0.212. The van der Waals surface area contributed by atoms with Gasteiger partial charge in [0.15, 0.2) is 0 Å². The Hall–Kier alpha value is -1.26. The Bertz CT molecular complexity index is 508. The van der Waals surface area contributed by atoms with Gasteiger partial charge in [-0.25, -0.2) is 9.37 Å². The fraction of sp³-hybridized carbons (Fsp3) is 0.308. The Morgan fingerprint density at radius 1 is 1.35 bits per heavy atom. The zero-order chi connectivity index (χ0) is 12.3. The summed E-state index contributed by atoms with van der Waals surface area (Å²) in [6.07, 6.45) is 0. The van der Waals surface area contributed by atoms with Gasteiger partial charge in [0.1, 0.15) is 10.8 Å². The van der Waals surface area contributed by atoms with Crippen molar-refractivity contribution in [3.05, 3.63) is 40.0 Å². The van der Waals surface area contributed by atoms with E-state index in [1.165, 1.54) is 6.07 Å². The molecule has 0 bridgehead atoms. The molecule has 1 heterocycles. The van der Waals surface area contributed by atoms with Gasteiger partial charge in [-0.2, -0.15) is 0 Å². The number of nitrogens with one attached hydrogen (secondary N) is 1. The van der Waals surface area contributed by atoms with Crippen LogP contribution in [0.4, 0.5) is 4.39 Å². The highest BCUT2D eigenvalue weighted by Crippen LogP contribution is 2.29. The maximum Gasteiger partial charge on any atom is 0.132 e. The third-order valence-electron chi connectivity index (χ3n) is 2.50. The zero-order valence-corrected chi connectivity index (χ0v) is 10.8. The number of aryl methyl sites for hydroxylation is 1. The first-order chi connectivity index (χ1) is 8.22. The van der Waals surface area contributed by atoms with Crippen molar-refractivity contribution >= 4 is 11.3 Å². The van der Waals surface area contributed by atoms with E-state index < -0.39 is 0 Å². The standard InChI is InChI=1S/C13H15FN2S/c1-3-15-8-12-16-13(9(2)17-12)10-6-4-5-7-11(10)14/h4-7,15H,3,8H2,1-2H3. The van der Waals surface area contributed by atoms with Crippen molar-refractivity contribution in [3.8, 4) is 11.3 Å². The van der Waals surface area contributed by atoms with Gasteiger partial charge in [0.2, 0.25) is 0 Å². The summed E-state index contributed by atoms with van der Waals surface area (Å²) >= 11 is 1.62. The van der Waals surface area contributed by atoms with Crippen molar-refractivity contribution < 1.29 is 4.39 Å². The molecule has 1 N–H and O–H groups in total. The molecule has 1 aromatic carbocycles. The Kier molecular flexibility index (Phi) is 3.86. The van der Waals surface area contributed by atoms with Crippen molar-refractivity contribution in [3.63, 3.8) is 0 Å². The lowest BCUT2D eigenvalue weighted by atomic mass is 10.1. The molecule has 0 spiro atoms. The molecule has 0 aliphatic heterocycles. The molecule has 0 aliphatic carbocycles. The van der Waals surface area contributed by atoms with Gasteiger partial charge in [-0.05, 0) is 25.6 Å². The van der Waals surface area contributed by atoms with Gasteiger partial charge in [0, 0.05) is 17.0 Å². The van der Waals surface area contributed by atoms with Crippen LogP contribution < -0.4 is 5.32 Å². The van der Waals surface area contributed by atoms with Gasteiger partial charge in [-0.3, -0.25) is 0 Å². The van der Waals surface area contributed by atoms with Crippen LogP contribution in [-0.2, 0) is 6.54 Å². The normalized spacial score (nSPS) is 10.8. The highest BCUT2D eigenvalue weighted by Gasteiger charge is 2.12. The Morgan fingerprint density at radius 2 is 2.12 bits per heavy atom. The van der Waals surface area contributed by atoms with Crippen LogP contribution in [-0.4, -0.2) is 11.5 Å². The number of nitrogens with zero attached hydrogens (tertiary/aromatic N) is 1. The van der Waals surface area contributed by atoms with Crippen molar-refractivity contribution in [2.24, 2.45) is 0 Å². The molecule has 0 fully saturated rings. The second-order valence-corrected chi connectivity index (χ2v) is 5.06. The van der Waals surface area contributed by atoms with Crippen LogP contribution >= 0.6 is 11.3 Å². The molecule has 0 atom stereocenters. The van der Waals surface area contributed by atoms with E-state index in [1.807, 2.05) is 13.0 Å². The first-order valence-corrected chi connectivity index (χ1v) is 6.46. The van der Waals surface area contributed by atoms with Crippen LogP contribution in [0, 0.1) is 12.7 Å². The third kappa shape index (κ3) is 2.70. The lowest BCUT2D eigenvalue weighted by molar-refractivity contribution is 0.630. The number of benzene rings is 1. The Morgan fingerprint density at radius 3 is 2.82 bits per heavy atom. The fourth-order valence-electron chi connectivity index (χ4n) is 1.66. The maximum absolute atomic E-state index is 13.7. The highest BCUT2D eigenvalue weighted by atomic mass is 32.1. The molecule has 0 unspecified atom stereocenters. The molecule has 2 rings (SSSR count). The summed E-state index contributed by atoms with van der Waals surface area (Å²) in [4.78, 5) is 5.55. The van der Waals surface area contributed by atoms with E-state index in [0.717, 1.165) is 28.7 Å². The van der Waals surface area contributed by atoms with E-state index in [9.17, 15) is 4.39 Å². The van der Waals surface area contributed by atoms with Crippen LogP contribution in [0.25, 0.3) is 11.3 Å². The number of hydrogen-bond acceptors (Lipinski definition) is 3. The molecule has 2 nitrogen and oxygen atoms in total. The monoisotopic (exact) mass is 250 g/mol. The summed E-state index contributed by atoms with van der Waals surface area (Å²) in [5.41, 5.74) is 1.35. The summed E-state index contributed by atoms with van der Waals surface area (Å²) < 4.78 is 13.7. The maximum atomic E-state index is 13.7. The fourth-order valence-corrected chi connectivity index (χ4v) is 2.58. The van der Waals surface area contributed by atoms with E-state index in [1.54, 1.807) is 23.5 Å². The Balaban J connectivity index is 2.33. The van der Waals surface area contributed by atoms with E-state index in [4.69, 9.17) is 0 Å². The molecule has 0 amide bonds. The third-order valence-corrected chi connectivity index (χ3v) is 3.47. The van der Waals surface area contributed by atoms with Crippen LogP contribution in [0.5, 0.6) is 0 Å². The predicted octanol–water partition coefficient (Wildman–Crippen LogP) is 3.37. The number of aromatic nitrogens is 1. The van der Waals surface area contributed by atoms with Crippen LogP contribution in [0.1, 0.15) is 16.8 Å². The number of halogens is 1. The molecule has 0 saturated heterocycles. The quantitative estimate of drug-likeness (QED) is 0.900. The molecule has 17 heavy (non-hydrogen) atoms. The number of hydrogen-bond donors (Lipinski definition) is 1. The van der Waals surface area contributed by atoms with Gasteiger partial charge in [-0.15, -0.1) is 11.3 Å². The van der Waals surface area contributed by atoms with E-state index in [0.29, 0.717) is 5.56 Å². The average molecular weight is 250 g/mol. The van der Waals surface area contributed by atoms with Crippen LogP contribution in [0.2, 0.25) is 0 Å². The van der Waals surface area contributed by atoms with Gasteiger partial charge in [-0.1, -0.05) is 19.1 Å². The lowest BCUT2D eigenvalue weighted by Crippen LogP contribution is -2.11. The highest BCUT2D eigenvalue weighted by molar-refractivity contribution is 7.12. The minimum Gasteiger partial charge on any atom is -0.311 e. The van der Waals surface area contributed by atoms with Gasteiger partial charge in [0.05, 0.1) is 5.69 Å². The zero-order valence-electron chi connectivity index (χ0n) is 9.96. The average Bonchev–Trinajstić information content (AvgIpc) is 2.68. The predicted molar refractivity (Wildman–Crippen MR) is 69.6 cm³/mol. The number of rotatable bonds is 4. The van der Waals surface area contributed by atoms with Gasteiger partial charge in [0.25, 0.3) is 0 Å². The van der Waals surface area contributed by atoms with E-state index in [-0.39, 0.29) is 5.82 Å².